The molecule has 0 radical (unpaired) electrons. The van der Waals surface area contributed by atoms with Gasteiger partial charge in [0.1, 0.15) is 0 Å². The van der Waals surface area contributed by atoms with Crippen molar-refractivity contribution in [3.05, 3.63) is 30.3 Å². The van der Waals surface area contributed by atoms with Crippen molar-refractivity contribution in [2.45, 2.75) is 5.16 Å². The van der Waals surface area contributed by atoms with E-state index in [1.807, 2.05) is 30.3 Å². The van der Waals surface area contributed by atoms with E-state index in [0.717, 1.165) is 16.6 Å². The van der Waals surface area contributed by atoms with Crippen LogP contribution in [-0.4, -0.2) is 31.8 Å². The topological polar surface area (TPSA) is 43.6 Å². The summed E-state index contributed by atoms with van der Waals surface area (Å²) < 4.78 is 1.71. The molecular weight excluding hydrogens is 232 g/mol. The van der Waals surface area contributed by atoms with Crippen molar-refractivity contribution in [2.75, 3.05) is 11.6 Å². The number of thioether (sulfide) groups is 1. The second kappa shape index (κ2) is 5.14. The zero-order valence-electron chi connectivity index (χ0n) is 7.88. The molecule has 0 aliphatic heterocycles. The highest BCUT2D eigenvalue weighted by molar-refractivity contribution is 7.99. The normalized spacial score (nSPS) is 10.5. The average Bonchev–Trinajstić information content (AvgIpc) is 2.75. The van der Waals surface area contributed by atoms with E-state index < -0.39 is 0 Å². The fourth-order valence-corrected chi connectivity index (χ4v) is 1.98. The Morgan fingerprint density at radius 2 is 2.07 bits per heavy atom. The molecule has 0 fully saturated rings. The van der Waals surface area contributed by atoms with Crippen LogP contribution in [0.5, 0.6) is 0 Å². The standard InChI is InChI=1S/C9H9ClN4S/c10-6-7-15-9-11-12-13-14(9)8-4-2-1-3-5-8/h1-5H,6-7H2. The maximum atomic E-state index is 5.62. The van der Waals surface area contributed by atoms with Crippen LogP contribution >= 0.6 is 23.4 Å². The first-order valence-electron chi connectivity index (χ1n) is 4.44. The molecule has 0 N–H and O–H groups in total. The molecule has 0 aliphatic rings. The van der Waals surface area contributed by atoms with E-state index in [-0.39, 0.29) is 0 Å². The third-order valence-corrected chi connectivity index (χ3v) is 3.08. The van der Waals surface area contributed by atoms with E-state index in [9.17, 15) is 0 Å². The number of aromatic nitrogens is 4. The van der Waals surface area contributed by atoms with Crippen molar-refractivity contribution in [3.63, 3.8) is 0 Å². The Hall–Kier alpha value is -1.07. The van der Waals surface area contributed by atoms with Gasteiger partial charge in [-0.1, -0.05) is 30.0 Å². The molecule has 0 unspecified atom stereocenters. The average molecular weight is 241 g/mol. The minimum absolute atomic E-state index is 0.590. The minimum atomic E-state index is 0.590. The monoisotopic (exact) mass is 240 g/mol. The second-order valence-electron chi connectivity index (χ2n) is 2.75. The largest absolute Gasteiger partial charge is 0.214 e. The van der Waals surface area contributed by atoms with Crippen LogP contribution in [0.15, 0.2) is 35.5 Å². The Bertz CT molecular complexity index is 417. The Balaban J connectivity index is 2.25. The number of rotatable bonds is 4. The van der Waals surface area contributed by atoms with Crippen molar-refractivity contribution in [3.8, 4) is 5.69 Å². The number of hydrogen-bond donors (Lipinski definition) is 0. The van der Waals surface area contributed by atoms with Gasteiger partial charge in [-0.25, -0.2) is 0 Å². The van der Waals surface area contributed by atoms with Gasteiger partial charge < -0.3 is 0 Å². The first-order chi connectivity index (χ1) is 7.42. The summed E-state index contributed by atoms with van der Waals surface area (Å²) >= 11 is 7.16. The van der Waals surface area contributed by atoms with Crippen LogP contribution in [0.4, 0.5) is 0 Å². The van der Waals surface area contributed by atoms with Crippen LogP contribution in [-0.2, 0) is 0 Å². The van der Waals surface area contributed by atoms with Crippen LogP contribution in [0.25, 0.3) is 5.69 Å². The Morgan fingerprint density at radius 3 is 2.80 bits per heavy atom. The molecule has 1 heterocycles. The van der Waals surface area contributed by atoms with Gasteiger partial charge in [-0.2, -0.15) is 4.68 Å². The molecule has 0 bridgehead atoms. The van der Waals surface area contributed by atoms with Crippen LogP contribution in [0, 0.1) is 0 Å². The third kappa shape index (κ3) is 2.49. The number of hydrogen-bond acceptors (Lipinski definition) is 4. The minimum Gasteiger partial charge on any atom is -0.188 e. The maximum absolute atomic E-state index is 5.62. The van der Waals surface area contributed by atoms with Crippen molar-refractivity contribution >= 4 is 23.4 Å². The van der Waals surface area contributed by atoms with Crippen LogP contribution in [0.3, 0.4) is 0 Å². The van der Waals surface area contributed by atoms with Gasteiger partial charge in [0.25, 0.3) is 0 Å². The molecule has 1 aromatic heterocycles. The molecule has 0 spiro atoms. The molecular formula is C9H9ClN4S. The van der Waals surface area contributed by atoms with E-state index in [0.29, 0.717) is 5.88 Å². The maximum Gasteiger partial charge on any atom is 0.214 e. The van der Waals surface area contributed by atoms with Crippen molar-refractivity contribution in [1.29, 1.82) is 0 Å². The predicted octanol–water partition coefficient (Wildman–Crippen LogP) is 1.99. The molecule has 0 aliphatic carbocycles. The summed E-state index contributed by atoms with van der Waals surface area (Å²) in [6, 6.07) is 9.78. The lowest BCUT2D eigenvalue weighted by molar-refractivity contribution is 0.756. The highest BCUT2D eigenvalue weighted by Crippen LogP contribution is 2.17. The lowest BCUT2D eigenvalue weighted by atomic mass is 10.3. The lowest BCUT2D eigenvalue weighted by Gasteiger charge is -2.02. The summed E-state index contributed by atoms with van der Waals surface area (Å²) in [5.74, 6) is 1.39. The number of benzene rings is 1. The van der Waals surface area contributed by atoms with Gasteiger partial charge >= 0.3 is 0 Å². The zero-order chi connectivity index (χ0) is 10.5. The summed E-state index contributed by atoms with van der Waals surface area (Å²) in [5.41, 5.74) is 0.958. The second-order valence-corrected chi connectivity index (χ2v) is 4.19. The van der Waals surface area contributed by atoms with Gasteiger partial charge in [0.2, 0.25) is 5.16 Å². The first-order valence-corrected chi connectivity index (χ1v) is 5.96. The molecule has 78 valence electrons. The van der Waals surface area contributed by atoms with Crippen molar-refractivity contribution in [2.24, 2.45) is 0 Å². The summed E-state index contributed by atoms with van der Waals surface area (Å²) in [5, 5.41) is 12.3. The summed E-state index contributed by atoms with van der Waals surface area (Å²) in [4.78, 5) is 0. The Labute approximate surface area is 96.6 Å². The molecule has 0 saturated carbocycles. The lowest BCUT2D eigenvalue weighted by Crippen LogP contribution is -1.98. The third-order valence-electron chi connectivity index (χ3n) is 1.75. The predicted molar refractivity (Wildman–Crippen MR) is 60.6 cm³/mol. The molecule has 2 aromatic rings. The number of halogens is 1. The van der Waals surface area contributed by atoms with Gasteiger partial charge in [-0.3, -0.25) is 0 Å². The van der Waals surface area contributed by atoms with E-state index in [1.54, 1.807) is 16.4 Å². The van der Waals surface area contributed by atoms with Crippen LogP contribution in [0.1, 0.15) is 0 Å². The Morgan fingerprint density at radius 1 is 1.27 bits per heavy atom. The molecule has 2 rings (SSSR count). The van der Waals surface area contributed by atoms with E-state index >= 15 is 0 Å². The highest BCUT2D eigenvalue weighted by atomic mass is 35.5. The highest BCUT2D eigenvalue weighted by Gasteiger charge is 2.07. The number of alkyl halides is 1. The van der Waals surface area contributed by atoms with Crippen LogP contribution < -0.4 is 0 Å². The van der Waals surface area contributed by atoms with E-state index in [1.165, 1.54) is 0 Å². The summed E-state index contributed by atoms with van der Waals surface area (Å²) in [7, 11) is 0. The molecule has 15 heavy (non-hydrogen) atoms. The summed E-state index contributed by atoms with van der Waals surface area (Å²) in [6.45, 7) is 0. The molecule has 0 saturated heterocycles. The van der Waals surface area contributed by atoms with Crippen LogP contribution in [0.2, 0.25) is 0 Å². The Kier molecular flexibility index (Phi) is 3.58. The molecule has 0 atom stereocenters. The van der Waals surface area contributed by atoms with E-state index in [4.69, 9.17) is 11.6 Å². The number of para-hydroxylation sites is 1. The van der Waals surface area contributed by atoms with Gasteiger partial charge in [-0.05, 0) is 22.6 Å². The fourth-order valence-electron chi connectivity index (χ4n) is 1.13. The smallest absolute Gasteiger partial charge is 0.188 e. The van der Waals surface area contributed by atoms with Gasteiger partial charge in [0, 0.05) is 11.6 Å². The summed E-state index contributed by atoms with van der Waals surface area (Å²) in [6.07, 6.45) is 0. The number of tetrazole rings is 1. The SMILES string of the molecule is ClCCSc1nnnn1-c1ccccc1. The van der Waals surface area contributed by atoms with Crippen molar-refractivity contribution < 1.29 is 0 Å². The molecule has 6 heteroatoms. The molecule has 4 nitrogen and oxygen atoms in total. The molecule has 0 amide bonds. The van der Waals surface area contributed by atoms with Crippen molar-refractivity contribution in [1.82, 2.24) is 20.2 Å². The fraction of sp³-hybridized carbons (Fsp3) is 0.222. The first kappa shape index (κ1) is 10.4. The van der Waals surface area contributed by atoms with E-state index in [2.05, 4.69) is 15.5 Å². The molecule has 1 aromatic carbocycles. The van der Waals surface area contributed by atoms with Gasteiger partial charge in [-0.15, -0.1) is 16.7 Å². The number of nitrogens with zero attached hydrogens (tertiary/aromatic N) is 4. The van der Waals surface area contributed by atoms with Gasteiger partial charge in [0.05, 0.1) is 5.69 Å². The van der Waals surface area contributed by atoms with Gasteiger partial charge in [0.15, 0.2) is 0 Å². The zero-order valence-corrected chi connectivity index (χ0v) is 9.45. The quantitative estimate of drug-likeness (QED) is 0.606.